The maximum Gasteiger partial charge on any atom is 0.446 e. The van der Waals surface area contributed by atoms with Gasteiger partial charge in [-0.2, -0.15) is 16.8 Å². The Morgan fingerprint density at radius 2 is 1.21 bits per heavy atom. The molecular weight excluding hydrogens is 1140 g/mol. The van der Waals surface area contributed by atoms with Crippen LogP contribution in [-0.4, -0.2) is 229 Å². The summed E-state index contributed by atoms with van der Waals surface area (Å²) >= 11 is 0. The summed E-state index contributed by atoms with van der Waals surface area (Å²) in [6, 6.07) is 19.8. The number of aliphatic hydroxyl groups is 7. The summed E-state index contributed by atoms with van der Waals surface area (Å²) in [5.41, 5.74) is 0.431. The van der Waals surface area contributed by atoms with Crippen molar-refractivity contribution in [2.45, 2.75) is 132 Å². The Hall–Kier alpha value is -4.99. The predicted octanol–water partition coefficient (Wildman–Crippen LogP) is -3.55. The molecule has 3 saturated heterocycles. The van der Waals surface area contributed by atoms with Crippen molar-refractivity contribution < 1.29 is 127 Å². The van der Waals surface area contributed by atoms with Crippen LogP contribution in [-0.2, 0) is 96.9 Å². The zero-order valence-corrected chi connectivity index (χ0v) is 45.8. The molecule has 3 aliphatic heterocycles. The zero-order valence-electron chi connectivity index (χ0n) is 44.1. The van der Waals surface area contributed by atoms with Crippen molar-refractivity contribution in [2.24, 2.45) is 5.41 Å². The fourth-order valence-corrected chi connectivity index (χ4v) is 10.0. The van der Waals surface area contributed by atoms with Gasteiger partial charge in [0.1, 0.15) is 78.9 Å². The second-order valence-electron chi connectivity index (χ2n) is 19.7. The first kappa shape index (κ1) is 66.2. The van der Waals surface area contributed by atoms with E-state index in [2.05, 4.69) is 24.3 Å². The van der Waals surface area contributed by atoms with Crippen LogP contribution in [0.2, 0.25) is 0 Å². The Morgan fingerprint density at radius 1 is 0.646 bits per heavy atom. The lowest BCUT2D eigenvalue weighted by molar-refractivity contribution is -0.373. The van der Waals surface area contributed by atoms with Gasteiger partial charge in [-0.1, -0.05) is 72.8 Å². The number of aliphatic hydroxyl groups excluding tert-OH is 7. The van der Waals surface area contributed by atoms with E-state index in [0.29, 0.717) is 5.56 Å². The number of carboxylic acids is 1. The van der Waals surface area contributed by atoms with Crippen LogP contribution in [0.3, 0.4) is 0 Å². The lowest BCUT2D eigenvalue weighted by atomic mass is 9.90. The molecule has 3 aromatic rings. The molecule has 0 saturated carbocycles. The van der Waals surface area contributed by atoms with Gasteiger partial charge < -0.3 is 98.9 Å². The molecule has 0 aromatic heterocycles. The maximum absolute atomic E-state index is 13.6. The summed E-state index contributed by atoms with van der Waals surface area (Å²) in [7, 11) is -10.2. The van der Waals surface area contributed by atoms with E-state index < -0.39 is 168 Å². The summed E-state index contributed by atoms with van der Waals surface area (Å²) < 4.78 is 123. The number of rotatable bonds is 30. The van der Waals surface area contributed by atoms with Gasteiger partial charge in [-0.3, -0.25) is 18.7 Å². The number of carboxylic acid groups (broad SMARTS) is 1. The van der Waals surface area contributed by atoms with Gasteiger partial charge in [0.25, 0.3) is 0 Å². The summed E-state index contributed by atoms with van der Waals surface area (Å²) in [4.78, 5) is 39.2. The molecule has 0 unspecified atom stereocenters. The van der Waals surface area contributed by atoms with E-state index in [0.717, 1.165) is 18.1 Å². The number of carbonyl (C=O) groups is 3. The van der Waals surface area contributed by atoms with E-state index in [1.165, 1.54) is 31.2 Å². The predicted molar refractivity (Wildman–Crippen MR) is 275 cm³/mol. The molecule has 0 bridgehead atoms. The number of hydrogen-bond donors (Lipinski definition) is 13. The first-order valence-electron chi connectivity index (χ1n) is 25.4. The standard InChI is InChI=1S/C50H69N3O27S2/c1-27-38(58)40(60)41(61)48(74-27)78-44-37(52-28(2)56)47(76-35(20-55)43(44)77-49-42(62)45(80-82(68,69)70)39(59)34(19-54)75-49)73-26-50(24-71-21-30-9-5-3-6-10-30,25-72-22-31-11-7-4-8-12-31)23-51-18-36(57)53-33(46(63)64)17-29-13-15-32(16-14-29)79-81(65,66)67/h3-16,27,33-35,37-45,47-49,51,54-55,58-62H,17-26H2,1-2H3,(H,52,56)(H,53,57)(H,63,64)(H,65,66,67)(H,68,69,70)/t27-,33-,34+,35+,37+,38+,39-,40+,41-,42+,43+,44+,45-,47+,48-,49-/m0/s1. The third-order valence-electron chi connectivity index (χ3n) is 13.2. The van der Waals surface area contributed by atoms with Crippen LogP contribution in [0, 0.1) is 5.41 Å². The van der Waals surface area contributed by atoms with E-state index in [9.17, 15) is 76.6 Å². The van der Waals surface area contributed by atoms with Crippen molar-refractivity contribution in [3.05, 3.63) is 102 Å². The molecule has 30 nitrogen and oxygen atoms in total. The number of amides is 2. The van der Waals surface area contributed by atoms with Gasteiger partial charge in [-0.05, 0) is 35.7 Å². The van der Waals surface area contributed by atoms with Crippen LogP contribution < -0.4 is 20.1 Å². The topological polar surface area (TPSA) is 450 Å². The molecule has 16 atom stereocenters. The molecular formula is C50H69N3O27S2. The van der Waals surface area contributed by atoms with E-state index >= 15 is 0 Å². The highest BCUT2D eigenvalue weighted by Crippen LogP contribution is 2.36. The van der Waals surface area contributed by atoms with Gasteiger partial charge in [0.05, 0.1) is 64.3 Å². The van der Waals surface area contributed by atoms with Crippen molar-refractivity contribution in [2.75, 3.05) is 46.1 Å². The quantitative estimate of drug-likeness (QED) is 0.0287. The molecule has 82 heavy (non-hydrogen) atoms. The minimum absolute atomic E-state index is 0.0308. The lowest BCUT2D eigenvalue weighted by Crippen LogP contribution is -2.70. The number of benzene rings is 3. The largest absolute Gasteiger partial charge is 0.480 e. The van der Waals surface area contributed by atoms with Gasteiger partial charge in [0.15, 0.2) is 18.9 Å². The average Bonchev–Trinajstić information content (AvgIpc) is 3.56. The molecule has 32 heteroatoms. The molecule has 0 radical (unpaired) electrons. The number of carbonyl (C=O) groups excluding carboxylic acids is 2. The van der Waals surface area contributed by atoms with E-state index in [4.69, 9.17) is 42.4 Å². The number of hydrogen-bond acceptors (Lipinski definition) is 25. The van der Waals surface area contributed by atoms with Crippen LogP contribution in [0.25, 0.3) is 0 Å². The summed E-state index contributed by atoms with van der Waals surface area (Å²) in [5, 5.41) is 93.9. The SMILES string of the molecule is CC(=O)N[C@H]1[C@H](OCC(CNCC(=O)N[C@@H](Cc2ccc(OS(=O)(=O)O)cc2)C(=O)O)(COCc2ccccc2)COCc2ccccc2)O[C@H](CO)[C@@H](O[C@@H]2O[C@H](CO)[C@H](O)[C@H](OS(=O)(=O)O)[C@H]2O)[C@@H]1O[C@@H]1O[C@@H](C)[C@@H](O)[C@@H](O)[C@@H]1O. The van der Waals surface area contributed by atoms with Crippen LogP contribution in [0.1, 0.15) is 30.5 Å². The van der Waals surface area contributed by atoms with Gasteiger partial charge in [-0.15, -0.1) is 0 Å². The lowest BCUT2D eigenvalue weighted by Gasteiger charge is -2.50. The minimum Gasteiger partial charge on any atom is -0.480 e. The Labute approximate surface area is 471 Å². The van der Waals surface area contributed by atoms with E-state index in [1.54, 1.807) is 60.7 Å². The molecule has 0 spiro atoms. The van der Waals surface area contributed by atoms with Gasteiger partial charge in [0.2, 0.25) is 11.8 Å². The molecule has 6 rings (SSSR count). The Kier molecular flexibility index (Phi) is 24.4. The van der Waals surface area contributed by atoms with E-state index in [-0.39, 0.29) is 45.1 Å². The number of ether oxygens (including phenoxy) is 8. The van der Waals surface area contributed by atoms with Crippen LogP contribution in [0.15, 0.2) is 84.9 Å². The first-order valence-corrected chi connectivity index (χ1v) is 28.2. The van der Waals surface area contributed by atoms with Gasteiger partial charge >= 0.3 is 26.8 Å². The highest BCUT2D eigenvalue weighted by molar-refractivity contribution is 7.81. The summed E-state index contributed by atoms with van der Waals surface area (Å²) in [6.07, 6.45) is -26.7. The molecule has 0 aliphatic carbocycles. The van der Waals surface area contributed by atoms with Crippen molar-refractivity contribution in [1.29, 1.82) is 0 Å². The third kappa shape index (κ3) is 19.3. The summed E-state index contributed by atoms with van der Waals surface area (Å²) in [6.45, 7) is -1.27. The third-order valence-corrected chi connectivity index (χ3v) is 14.1. The van der Waals surface area contributed by atoms with Crippen LogP contribution in [0.4, 0.5) is 0 Å². The van der Waals surface area contributed by atoms with E-state index in [1.807, 2.05) is 0 Å². The highest BCUT2D eigenvalue weighted by atomic mass is 32.3. The van der Waals surface area contributed by atoms with Gasteiger partial charge in [0, 0.05) is 19.9 Å². The maximum atomic E-state index is 13.6. The summed E-state index contributed by atoms with van der Waals surface area (Å²) in [5.74, 6) is -3.27. The number of aliphatic carboxylic acids is 1. The van der Waals surface area contributed by atoms with Gasteiger partial charge in [-0.25, -0.2) is 8.98 Å². The normalized spacial score (nSPS) is 29.3. The monoisotopic (exact) mass is 1210 g/mol. The first-order chi connectivity index (χ1) is 38.8. The smallest absolute Gasteiger partial charge is 0.446 e. The van der Waals surface area contributed by atoms with Crippen molar-refractivity contribution >= 4 is 38.6 Å². The molecule has 458 valence electrons. The second kappa shape index (κ2) is 30.2. The Balaban J connectivity index is 1.33. The molecule has 3 aromatic carbocycles. The molecule has 2 amide bonds. The zero-order chi connectivity index (χ0) is 59.9. The molecule has 13 N–H and O–H groups in total. The Morgan fingerprint density at radius 3 is 1.74 bits per heavy atom. The van der Waals surface area contributed by atoms with Crippen LogP contribution >= 0.6 is 0 Å². The fraction of sp³-hybridized carbons (Fsp3) is 0.580. The molecule has 3 fully saturated rings. The number of nitrogens with one attached hydrogen (secondary N) is 3. The average molecular weight is 1210 g/mol. The minimum atomic E-state index is -5.41. The second-order valence-corrected chi connectivity index (χ2v) is 21.8. The van der Waals surface area contributed by atoms with Crippen molar-refractivity contribution in [1.82, 2.24) is 16.0 Å². The molecule has 3 aliphatic rings. The molecule has 3 heterocycles. The fourth-order valence-electron chi connectivity index (χ4n) is 9.14. The van der Waals surface area contributed by atoms with Crippen molar-refractivity contribution in [3.8, 4) is 5.75 Å². The Bertz CT molecular complexity index is 2680. The van der Waals surface area contributed by atoms with Crippen LogP contribution in [0.5, 0.6) is 5.75 Å². The highest BCUT2D eigenvalue weighted by Gasteiger charge is 2.56. The van der Waals surface area contributed by atoms with Crippen molar-refractivity contribution in [3.63, 3.8) is 0 Å².